The molecule has 1 aliphatic rings. The molecule has 3 rings (SSSR count). The van der Waals surface area contributed by atoms with Crippen molar-refractivity contribution in [3.63, 3.8) is 0 Å². The van der Waals surface area contributed by atoms with Crippen LogP contribution in [-0.2, 0) is 29.0 Å². The Kier molecular flexibility index (Phi) is 8.42. The molecule has 0 radical (unpaired) electrons. The number of phosphoric ester groups is 1. The Bertz CT molecular complexity index is 1030. The Morgan fingerprint density at radius 1 is 1.21 bits per heavy atom. The van der Waals surface area contributed by atoms with Crippen LogP contribution in [0.15, 0.2) is 12.7 Å². The third kappa shape index (κ3) is 6.47. The van der Waals surface area contributed by atoms with E-state index >= 15 is 0 Å². The van der Waals surface area contributed by atoms with Crippen molar-refractivity contribution in [1.82, 2.24) is 19.5 Å². The van der Waals surface area contributed by atoms with Crippen LogP contribution >= 0.6 is 16.1 Å². The van der Waals surface area contributed by atoms with E-state index in [1.807, 2.05) is 0 Å². The van der Waals surface area contributed by atoms with Gasteiger partial charge >= 0.3 is 16.1 Å². The van der Waals surface area contributed by atoms with Gasteiger partial charge in [0.2, 0.25) is 0 Å². The molecular weight excluding hydrogens is 488 g/mol. The predicted molar refractivity (Wildman–Crippen MR) is 108 cm³/mol. The smallest absolute Gasteiger partial charge is 0.390 e. The molecule has 0 aromatic carbocycles. The number of fused-ring (bicyclic) bond motifs is 1. The van der Waals surface area contributed by atoms with Gasteiger partial charge in [-0.25, -0.2) is 19.5 Å². The Labute approximate surface area is 187 Å². The van der Waals surface area contributed by atoms with Gasteiger partial charge in [0.25, 0.3) is 0 Å². The molecule has 16 nitrogen and oxygen atoms in total. The zero-order valence-electron chi connectivity index (χ0n) is 16.9. The van der Waals surface area contributed by atoms with Gasteiger partial charge in [-0.05, 0) is 17.2 Å². The summed E-state index contributed by atoms with van der Waals surface area (Å²) >= 11 is 0. The molecule has 184 valence electrons. The number of hydrogen-bond donors (Lipinski definition) is 7. The first-order valence-electron chi connectivity index (χ1n) is 9.61. The van der Waals surface area contributed by atoms with Gasteiger partial charge < -0.3 is 35.8 Å². The molecule has 33 heavy (non-hydrogen) atoms. The number of aromatic nitrogens is 4. The van der Waals surface area contributed by atoms with Crippen molar-refractivity contribution in [2.24, 2.45) is 0 Å². The number of nitrogens with two attached hydrogens (primary N) is 1. The number of rotatable bonds is 11. The van der Waals surface area contributed by atoms with Gasteiger partial charge in [0.15, 0.2) is 11.5 Å². The van der Waals surface area contributed by atoms with Gasteiger partial charge in [0.05, 0.1) is 25.1 Å². The van der Waals surface area contributed by atoms with Crippen LogP contribution in [0.25, 0.3) is 11.2 Å². The summed E-state index contributed by atoms with van der Waals surface area (Å²) in [5.74, 6) is 0.120. The SMILES string of the molecule is Nc1ncnc2c1ncn2CC(O)C(O)[C@H](O)CO[P+](=O)OP(=O)(O)O[C@H]1CCC(O)[C@H]1O. The first-order valence-corrected chi connectivity index (χ1v) is 12.2. The van der Waals surface area contributed by atoms with Crippen molar-refractivity contribution >= 4 is 33.1 Å². The second kappa shape index (κ2) is 10.7. The van der Waals surface area contributed by atoms with Crippen molar-refractivity contribution in [2.45, 2.75) is 56.0 Å². The summed E-state index contributed by atoms with van der Waals surface area (Å²) < 4.78 is 38.7. The Morgan fingerprint density at radius 3 is 2.61 bits per heavy atom. The number of hydrogen-bond acceptors (Lipinski definition) is 14. The van der Waals surface area contributed by atoms with Crippen LogP contribution in [0.2, 0.25) is 0 Å². The van der Waals surface area contributed by atoms with Crippen LogP contribution in [-0.4, -0.2) is 93.2 Å². The third-order valence-corrected chi connectivity index (χ3v) is 7.17. The number of nitrogen functional groups attached to an aromatic ring is 1. The molecule has 1 saturated carbocycles. The highest BCUT2D eigenvalue weighted by molar-refractivity contribution is 7.56. The van der Waals surface area contributed by atoms with E-state index in [2.05, 4.69) is 28.3 Å². The summed E-state index contributed by atoms with van der Waals surface area (Å²) in [4.78, 5) is 21.4. The first-order chi connectivity index (χ1) is 15.5. The number of phosphoric acid groups is 1. The largest absolute Gasteiger partial charge is 0.708 e. The van der Waals surface area contributed by atoms with E-state index in [-0.39, 0.29) is 36.4 Å². The van der Waals surface area contributed by atoms with Crippen molar-refractivity contribution in [3.05, 3.63) is 12.7 Å². The molecular formula is C15H24N5O11P2+. The van der Waals surface area contributed by atoms with Gasteiger partial charge in [-0.3, -0.25) is 9.42 Å². The third-order valence-electron chi connectivity index (χ3n) is 4.91. The average Bonchev–Trinajstić information content (AvgIpc) is 3.30. The predicted octanol–water partition coefficient (Wildman–Crippen LogP) is -1.82. The normalized spacial score (nSPS) is 26.1. The Morgan fingerprint density at radius 2 is 1.94 bits per heavy atom. The van der Waals surface area contributed by atoms with Crippen molar-refractivity contribution in [3.8, 4) is 0 Å². The zero-order chi connectivity index (χ0) is 24.3. The summed E-state index contributed by atoms with van der Waals surface area (Å²) in [5, 5.41) is 49.4. The van der Waals surface area contributed by atoms with Crippen LogP contribution < -0.4 is 5.73 Å². The van der Waals surface area contributed by atoms with Crippen molar-refractivity contribution in [1.29, 1.82) is 0 Å². The molecule has 18 heteroatoms. The number of aliphatic hydroxyl groups is 5. The van der Waals surface area contributed by atoms with Crippen LogP contribution in [0.1, 0.15) is 12.8 Å². The Balaban J connectivity index is 1.47. The molecule has 1 fully saturated rings. The fraction of sp³-hybridized carbons (Fsp3) is 0.667. The van der Waals surface area contributed by atoms with E-state index in [1.54, 1.807) is 0 Å². The minimum absolute atomic E-state index is 0.0709. The Hall–Kier alpha value is -1.68. The highest BCUT2D eigenvalue weighted by Gasteiger charge is 2.45. The lowest BCUT2D eigenvalue weighted by Crippen LogP contribution is -2.41. The first kappa shape index (κ1) is 25.9. The van der Waals surface area contributed by atoms with Crippen LogP contribution in [0.4, 0.5) is 5.82 Å². The molecule has 0 bridgehead atoms. The molecule has 5 unspecified atom stereocenters. The molecule has 1 aliphatic carbocycles. The number of anilines is 1. The summed E-state index contributed by atoms with van der Waals surface area (Å²) in [5.41, 5.74) is 6.24. The molecule has 0 amide bonds. The van der Waals surface area contributed by atoms with E-state index in [4.69, 9.17) is 5.73 Å². The summed E-state index contributed by atoms with van der Waals surface area (Å²) in [7, 11) is -8.23. The maximum Gasteiger partial charge on any atom is 0.708 e. The zero-order valence-corrected chi connectivity index (χ0v) is 18.7. The average molecular weight is 512 g/mol. The fourth-order valence-corrected chi connectivity index (χ4v) is 5.03. The lowest BCUT2D eigenvalue weighted by molar-refractivity contribution is -0.0772. The highest BCUT2D eigenvalue weighted by Crippen LogP contribution is 2.54. The van der Waals surface area contributed by atoms with Gasteiger partial charge in [-0.1, -0.05) is 0 Å². The minimum atomic E-state index is -4.94. The van der Waals surface area contributed by atoms with Crippen LogP contribution in [0.3, 0.4) is 0 Å². The molecule has 8 atom stereocenters. The molecule has 2 aromatic heterocycles. The topological polar surface area (TPSA) is 253 Å². The molecule has 8 N–H and O–H groups in total. The van der Waals surface area contributed by atoms with E-state index in [0.29, 0.717) is 0 Å². The highest BCUT2D eigenvalue weighted by atomic mass is 31.2. The maximum absolute atomic E-state index is 11.9. The van der Waals surface area contributed by atoms with Crippen LogP contribution in [0, 0.1) is 0 Å². The van der Waals surface area contributed by atoms with E-state index < -0.39 is 59.3 Å². The standard InChI is InChI=1S/C15H23N5O11P2/c16-14-11-15(18-5-17-14)20(6-19-11)3-8(22)12(24)9(23)4-29-32(26)31-33(27,28)30-10-2-1-7(21)13(10)25/h5-10,12-13,21-25H,1-4H2,(H2-,16,17,18,27,28)/p+1/t7?,8?,9-,10+,12?,13-/m1/s1. The van der Waals surface area contributed by atoms with Crippen molar-refractivity contribution in [2.75, 3.05) is 12.3 Å². The number of aliphatic hydroxyl groups excluding tert-OH is 5. The van der Waals surface area contributed by atoms with Gasteiger partial charge in [-0.2, -0.15) is 0 Å². The maximum atomic E-state index is 11.9. The van der Waals surface area contributed by atoms with Crippen LogP contribution in [0.5, 0.6) is 0 Å². The molecule has 2 aromatic rings. The van der Waals surface area contributed by atoms with E-state index in [0.717, 1.165) is 0 Å². The summed E-state index contributed by atoms with van der Waals surface area (Å²) in [6, 6.07) is 0. The second-order valence-electron chi connectivity index (χ2n) is 7.30. The monoisotopic (exact) mass is 512 g/mol. The quantitative estimate of drug-likeness (QED) is 0.164. The number of nitrogens with zero attached hydrogens (tertiary/aromatic N) is 4. The lowest BCUT2D eigenvalue weighted by atomic mass is 10.1. The van der Waals surface area contributed by atoms with E-state index in [1.165, 1.54) is 17.2 Å². The summed E-state index contributed by atoms with van der Waals surface area (Å²) in [6.45, 7) is -1.08. The number of imidazole rings is 1. The van der Waals surface area contributed by atoms with Gasteiger partial charge in [-0.15, -0.1) is 4.52 Å². The molecule has 0 saturated heterocycles. The molecule has 0 spiro atoms. The molecule has 0 aliphatic heterocycles. The van der Waals surface area contributed by atoms with Gasteiger partial charge in [0.1, 0.15) is 42.9 Å². The fourth-order valence-electron chi connectivity index (χ4n) is 3.17. The second-order valence-corrected chi connectivity index (χ2v) is 9.81. The lowest BCUT2D eigenvalue weighted by Gasteiger charge is -2.21. The molecule has 2 heterocycles. The van der Waals surface area contributed by atoms with E-state index in [9.17, 15) is 39.6 Å². The van der Waals surface area contributed by atoms with Gasteiger partial charge in [0, 0.05) is 4.57 Å². The minimum Gasteiger partial charge on any atom is -0.390 e. The summed E-state index contributed by atoms with van der Waals surface area (Å²) in [6.07, 6.45) is -6.14. The van der Waals surface area contributed by atoms with Crippen molar-refractivity contribution < 1.29 is 52.9 Å².